The van der Waals surface area contributed by atoms with Crippen molar-refractivity contribution in [2.75, 3.05) is 0 Å². The summed E-state index contributed by atoms with van der Waals surface area (Å²) in [6.07, 6.45) is 1.30. The fraction of sp³-hybridized carbons (Fsp3) is 0.0500. The van der Waals surface area contributed by atoms with E-state index in [2.05, 4.69) is 9.93 Å². The third-order valence-corrected chi connectivity index (χ3v) is 5.37. The predicted octanol–water partition coefficient (Wildman–Crippen LogP) is 4.51. The van der Waals surface area contributed by atoms with E-state index >= 15 is 0 Å². The minimum Gasteiger partial charge on any atom is -0.489 e. The van der Waals surface area contributed by atoms with Gasteiger partial charge in [-0.1, -0.05) is 29.8 Å². The molecule has 0 saturated carbocycles. The minimum absolute atomic E-state index is 0.107. The maximum atomic E-state index is 13.1. The lowest BCUT2D eigenvalue weighted by atomic mass is 10.2. The van der Waals surface area contributed by atoms with Gasteiger partial charge in [0.15, 0.2) is 0 Å². The van der Waals surface area contributed by atoms with Crippen molar-refractivity contribution < 1.29 is 21.9 Å². The first-order valence-electron chi connectivity index (χ1n) is 8.31. The largest absolute Gasteiger partial charge is 0.489 e. The number of nitrogens with one attached hydrogen (secondary N) is 1. The number of halogens is 3. The monoisotopic (exact) mass is 436 g/mol. The van der Waals surface area contributed by atoms with Crippen LogP contribution in [0.1, 0.15) is 11.1 Å². The van der Waals surface area contributed by atoms with E-state index in [0.717, 1.165) is 24.3 Å². The zero-order valence-corrected chi connectivity index (χ0v) is 16.4. The number of hydrogen-bond donors (Lipinski definition) is 1. The molecule has 3 aromatic carbocycles. The molecule has 0 spiro atoms. The van der Waals surface area contributed by atoms with E-state index < -0.39 is 21.7 Å². The van der Waals surface area contributed by atoms with Gasteiger partial charge in [0.05, 0.1) is 16.1 Å². The summed E-state index contributed by atoms with van der Waals surface area (Å²) >= 11 is 5.97. The summed E-state index contributed by atoms with van der Waals surface area (Å²) in [6, 6.07) is 15.2. The Labute approximate surface area is 171 Å². The van der Waals surface area contributed by atoms with Gasteiger partial charge in [-0.25, -0.2) is 13.6 Å². The second-order valence-electron chi connectivity index (χ2n) is 5.90. The van der Waals surface area contributed by atoms with Crippen LogP contribution in [0, 0.1) is 11.6 Å². The van der Waals surface area contributed by atoms with Crippen LogP contribution in [0.25, 0.3) is 0 Å². The Balaban J connectivity index is 1.64. The molecule has 0 aliphatic heterocycles. The molecule has 0 atom stereocenters. The van der Waals surface area contributed by atoms with Gasteiger partial charge in [0.25, 0.3) is 10.0 Å². The molecule has 0 radical (unpaired) electrons. The molecule has 0 bridgehead atoms. The van der Waals surface area contributed by atoms with Crippen LogP contribution in [0.3, 0.4) is 0 Å². The lowest BCUT2D eigenvalue weighted by Crippen LogP contribution is -2.18. The Bertz CT molecular complexity index is 1140. The number of hydrogen-bond acceptors (Lipinski definition) is 4. The molecule has 0 unspecified atom stereocenters. The molecule has 9 heteroatoms. The van der Waals surface area contributed by atoms with Gasteiger partial charge in [0.2, 0.25) is 0 Å². The second kappa shape index (κ2) is 9.02. The predicted molar refractivity (Wildman–Crippen MR) is 106 cm³/mol. The smallest absolute Gasteiger partial charge is 0.276 e. The number of benzene rings is 3. The first kappa shape index (κ1) is 20.8. The number of nitrogens with zero attached hydrogens (tertiary/aromatic N) is 1. The van der Waals surface area contributed by atoms with Crippen LogP contribution in [-0.4, -0.2) is 14.6 Å². The molecule has 1 N–H and O–H groups in total. The number of hydrazone groups is 1. The highest BCUT2D eigenvalue weighted by Crippen LogP contribution is 2.20. The molecule has 5 nitrogen and oxygen atoms in total. The SMILES string of the molecule is O=S(=O)(N/N=C\c1cccc(OCc2ccc(F)cc2Cl)c1)c1ccc(F)cc1. The highest BCUT2D eigenvalue weighted by Gasteiger charge is 2.12. The number of rotatable bonds is 7. The highest BCUT2D eigenvalue weighted by molar-refractivity contribution is 7.89. The zero-order valence-electron chi connectivity index (χ0n) is 14.8. The van der Waals surface area contributed by atoms with Crippen molar-refractivity contribution in [1.82, 2.24) is 4.83 Å². The lowest BCUT2D eigenvalue weighted by molar-refractivity contribution is 0.306. The maximum absolute atomic E-state index is 13.1. The number of sulfonamides is 1. The van der Waals surface area contributed by atoms with Gasteiger partial charge in [-0.3, -0.25) is 0 Å². The Morgan fingerprint density at radius 3 is 2.45 bits per heavy atom. The summed E-state index contributed by atoms with van der Waals surface area (Å²) < 4.78 is 55.9. The Morgan fingerprint density at radius 1 is 1.00 bits per heavy atom. The summed E-state index contributed by atoms with van der Waals surface area (Å²) in [4.78, 5) is 1.95. The molecule has 0 aliphatic rings. The molecule has 0 aromatic heterocycles. The van der Waals surface area contributed by atoms with Crippen LogP contribution in [0.15, 0.2) is 76.7 Å². The third-order valence-electron chi connectivity index (χ3n) is 3.78. The molecule has 0 amide bonds. The summed E-state index contributed by atoms with van der Waals surface area (Å²) in [5.41, 5.74) is 1.20. The van der Waals surface area contributed by atoms with Gasteiger partial charge in [0.1, 0.15) is 24.0 Å². The highest BCUT2D eigenvalue weighted by atomic mass is 35.5. The van der Waals surface area contributed by atoms with Crippen molar-refractivity contribution >= 4 is 27.8 Å². The molecule has 3 aromatic rings. The van der Waals surface area contributed by atoms with E-state index in [1.807, 2.05) is 0 Å². The van der Waals surface area contributed by atoms with Gasteiger partial charge < -0.3 is 4.74 Å². The topological polar surface area (TPSA) is 67.8 Å². The third kappa shape index (κ3) is 5.75. The fourth-order valence-corrected chi connectivity index (χ4v) is 3.33. The Morgan fingerprint density at radius 2 is 1.72 bits per heavy atom. The standard InChI is InChI=1S/C20H15ClF2N2O3S/c21-20-11-17(23)5-4-15(20)13-28-18-3-1-2-14(10-18)12-24-25-29(26,27)19-8-6-16(22)7-9-19/h1-12,25H,13H2/b24-12-. The molecular formula is C20H15ClF2N2O3S. The van der Waals surface area contributed by atoms with E-state index in [9.17, 15) is 17.2 Å². The lowest BCUT2D eigenvalue weighted by Gasteiger charge is -2.08. The van der Waals surface area contributed by atoms with E-state index in [1.165, 1.54) is 24.4 Å². The van der Waals surface area contributed by atoms with Crippen molar-refractivity contribution in [2.24, 2.45) is 5.10 Å². The molecule has 29 heavy (non-hydrogen) atoms. The van der Waals surface area contributed by atoms with Gasteiger partial charge in [-0.15, -0.1) is 0 Å². The Kier molecular flexibility index (Phi) is 6.46. The molecule has 0 saturated heterocycles. The zero-order chi connectivity index (χ0) is 20.9. The van der Waals surface area contributed by atoms with Crippen LogP contribution in [0.5, 0.6) is 5.75 Å². The minimum atomic E-state index is -3.90. The summed E-state index contributed by atoms with van der Waals surface area (Å²) in [5, 5.41) is 3.98. The summed E-state index contributed by atoms with van der Waals surface area (Å²) in [7, 11) is -3.90. The van der Waals surface area contributed by atoms with Crippen LogP contribution in [0.4, 0.5) is 8.78 Å². The maximum Gasteiger partial charge on any atom is 0.276 e. The van der Waals surface area contributed by atoms with Gasteiger partial charge in [-0.05, 0) is 54.1 Å². The second-order valence-corrected chi connectivity index (χ2v) is 7.97. The van der Waals surface area contributed by atoms with Crippen LogP contribution < -0.4 is 9.57 Å². The quantitative estimate of drug-likeness (QED) is 0.437. The van der Waals surface area contributed by atoms with E-state index in [-0.39, 0.29) is 16.5 Å². The number of ether oxygens (including phenoxy) is 1. The normalized spacial score (nSPS) is 11.6. The van der Waals surface area contributed by atoms with E-state index in [4.69, 9.17) is 16.3 Å². The van der Waals surface area contributed by atoms with Crippen LogP contribution in [0.2, 0.25) is 5.02 Å². The van der Waals surface area contributed by atoms with Gasteiger partial charge in [0, 0.05) is 5.56 Å². The van der Waals surface area contributed by atoms with Gasteiger partial charge in [-0.2, -0.15) is 13.5 Å². The van der Waals surface area contributed by atoms with Crippen LogP contribution in [-0.2, 0) is 16.6 Å². The molecule has 150 valence electrons. The van der Waals surface area contributed by atoms with Crippen molar-refractivity contribution in [1.29, 1.82) is 0 Å². The molecular weight excluding hydrogens is 422 g/mol. The van der Waals surface area contributed by atoms with Crippen molar-refractivity contribution in [3.05, 3.63) is 94.5 Å². The van der Waals surface area contributed by atoms with Crippen molar-refractivity contribution in [2.45, 2.75) is 11.5 Å². The fourth-order valence-electron chi connectivity index (χ4n) is 2.32. The van der Waals surface area contributed by atoms with E-state index in [1.54, 1.807) is 24.3 Å². The first-order chi connectivity index (χ1) is 13.8. The molecule has 0 fully saturated rings. The van der Waals surface area contributed by atoms with E-state index in [0.29, 0.717) is 16.9 Å². The van der Waals surface area contributed by atoms with Crippen molar-refractivity contribution in [3.8, 4) is 5.75 Å². The molecule has 0 aliphatic carbocycles. The average molecular weight is 437 g/mol. The Hall–Kier alpha value is -2.97. The first-order valence-corrected chi connectivity index (χ1v) is 10.2. The van der Waals surface area contributed by atoms with Crippen molar-refractivity contribution in [3.63, 3.8) is 0 Å². The molecule has 0 heterocycles. The van der Waals surface area contributed by atoms with Gasteiger partial charge >= 0.3 is 0 Å². The van der Waals surface area contributed by atoms with Crippen LogP contribution >= 0.6 is 11.6 Å². The summed E-state index contributed by atoms with van der Waals surface area (Å²) in [5.74, 6) is -0.470. The molecule has 3 rings (SSSR count). The average Bonchev–Trinajstić information content (AvgIpc) is 2.68. The summed E-state index contributed by atoms with van der Waals surface area (Å²) in [6.45, 7) is 0.136.